The van der Waals surface area contributed by atoms with Gasteiger partial charge >= 0.3 is 0 Å². The van der Waals surface area contributed by atoms with E-state index in [1.165, 1.54) is 18.4 Å². The zero-order valence-electron chi connectivity index (χ0n) is 12.2. The number of rotatable bonds is 7. The van der Waals surface area contributed by atoms with Crippen LogP contribution in [0.2, 0.25) is 0 Å². The highest BCUT2D eigenvalue weighted by Crippen LogP contribution is 2.21. The van der Waals surface area contributed by atoms with Gasteiger partial charge in [-0.2, -0.15) is 0 Å². The van der Waals surface area contributed by atoms with Crippen molar-refractivity contribution in [2.75, 3.05) is 11.9 Å². The maximum Gasteiger partial charge on any atom is 0.131 e. The van der Waals surface area contributed by atoms with Crippen molar-refractivity contribution >= 4 is 5.82 Å². The molecule has 1 aromatic rings. The van der Waals surface area contributed by atoms with Gasteiger partial charge in [0.25, 0.3) is 0 Å². The molecule has 0 aliphatic carbocycles. The molecule has 102 valence electrons. The van der Waals surface area contributed by atoms with Crippen molar-refractivity contribution in [1.82, 2.24) is 4.98 Å². The molecule has 3 heteroatoms. The first-order valence-corrected chi connectivity index (χ1v) is 7.02. The van der Waals surface area contributed by atoms with E-state index in [1.54, 1.807) is 0 Å². The van der Waals surface area contributed by atoms with Gasteiger partial charge in [-0.1, -0.05) is 26.3 Å². The largest absolute Gasteiger partial charge is 0.357 e. The van der Waals surface area contributed by atoms with E-state index in [-0.39, 0.29) is 6.04 Å². The van der Waals surface area contributed by atoms with Crippen LogP contribution in [-0.2, 0) is 6.42 Å². The van der Waals surface area contributed by atoms with Crippen molar-refractivity contribution < 1.29 is 0 Å². The van der Waals surface area contributed by atoms with Gasteiger partial charge in [0.2, 0.25) is 0 Å². The summed E-state index contributed by atoms with van der Waals surface area (Å²) in [5.74, 6) is 1.09. The van der Waals surface area contributed by atoms with Gasteiger partial charge in [-0.05, 0) is 37.8 Å². The zero-order chi connectivity index (χ0) is 13.5. The lowest BCUT2D eigenvalue weighted by Gasteiger charge is -2.28. The average Bonchev–Trinajstić information content (AvgIpc) is 2.38. The lowest BCUT2D eigenvalue weighted by molar-refractivity contribution is 0.601. The predicted molar refractivity (Wildman–Crippen MR) is 79.0 cm³/mol. The fourth-order valence-electron chi connectivity index (χ4n) is 2.15. The molecule has 2 atom stereocenters. The third kappa shape index (κ3) is 3.98. The summed E-state index contributed by atoms with van der Waals surface area (Å²) in [5, 5.41) is 0. The molecule has 0 saturated carbocycles. The van der Waals surface area contributed by atoms with Crippen LogP contribution in [0.25, 0.3) is 0 Å². The summed E-state index contributed by atoms with van der Waals surface area (Å²) in [6, 6.07) is 4.89. The van der Waals surface area contributed by atoms with Crippen molar-refractivity contribution in [2.24, 2.45) is 5.73 Å². The van der Waals surface area contributed by atoms with Gasteiger partial charge in [0, 0.05) is 25.3 Å². The number of hydrogen-bond acceptors (Lipinski definition) is 3. The monoisotopic (exact) mass is 249 g/mol. The van der Waals surface area contributed by atoms with E-state index in [1.807, 2.05) is 12.3 Å². The molecule has 0 aromatic carbocycles. The van der Waals surface area contributed by atoms with Gasteiger partial charge in [-0.3, -0.25) is 0 Å². The van der Waals surface area contributed by atoms with Crippen LogP contribution in [0.3, 0.4) is 0 Å². The first-order chi connectivity index (χ1) is 8.60. The first-order valence-electron chi connectivity index (χ1n) is 7.02. The van der Waals surface area contributed by atoms with Crippen molar-refractivity contribution in [1.29, 1.82) is 0 Å². The van der Waals surface area contributed by atoms with Crippen LogP contribution in [0.15, 0.2) is 18.3 Å². The number of pyridine rings is 1. The smallest absolute Gasteiger partial charge is 0.131 e. The Bertz CT molecular complexity index is 351. The molecule has 0 saturated heterocycles. The van der Waals surface area contributed by atoms with Crippen LogP contribution in [0, 0.1) is 0 Å². The Hall–Kier alpha value is -1.09. The Kier molecular flexibility index (Phi) is 6.13. The van der Waals surface area contributed by atoms with Crippen molar-refractivity contribution in [3.05, 3.63) is 23.9 Å². The van der Waals surface area contributed by atoms with Crippen molar-refractivity contribution in [2.45, 2.75) is 58.5 Å². The number of hydrogen-bond donors (Lipinski definition) is 1. The van der Waals surface area contributed by atoms with Crippen LogP contribution < -0.4 is 10.6 Å². The molecule has 0 bridgehead atoms. The summed E-state index contributed by atoms with van der Waals surface area (Å²) in [6.45, 7) is 6.60. The Labute approximate surface area is 111 Å². The van der Waals surface area contributed by atoms with E-state index in [4.69, 9.17) is 5.73 Å². The van der Waals surface area contributed by atoms with Gasteiger partial charge in [-0.15, -0.1) is 0 Å². The minimum atomic E-state index is 0.225. The van der Waals surface area contributed by atoms with E-state index in [0.29, 0.717) is 6.04 Å². The molecule has 0 radical (unpaired) electrons. The molecule has 1 heterocycles. The van der Waals surface area contributed by atoms with E-state index in [2.05, 4.69) is 43.8 Å². The first kappa shape index (κ1) is 15.0. The minimum Gasteiger partial charge on any atom is -0.357 e. The highest BCUT2D eigenvalue weighted by atomic mass is 15.2. The molecule has 2 N–H and O–H groups in total. The fraction of sp³-hybridized carbons (Fsp3) is 0.667. The van der Waals surface area contributed by atoms with Crippen LogP contribution in [0.1, 0.15) is 45.6 Å². The van der Waals surface area contributed by atoms with Crippen LogP contribution >= 0.6 is 0 Å². The lowest BCUT2D eigenvalue weighted by atomic mass is 10.0. The second-order valence-corrected chi connectivity index (χ2v) is 5.11. The summed E-state index contributed by atoms with van der Waals surface area (Å²) in [4.78, 5) is 6.82. The van der Waals surface area contributed by atoms with E-state index in [9.17, 15) is 0 Å². The Balaban J connectivity index is 2.86. The summed E-state index contributed by atoms with van der Waals surface area (Å²) in [6.07, 6.45) is 6.16. The quantitative estimate of drug-likeness (QED) is 0.807. The predicted octanol–water partition coefficient (Wildman–Crippen LogP) is 2.99. The highest BCUT2D eigenvalue weighted by Gasteiger charge is 2.15. The molecule has 1 rings (SSSR count). The van der Waals surface area contributed by atoms with E-state index < -0.39 is 0 Å². The second kappa shape index (κ2) is 7.37. The molecule has 2 unspecified atom stereocenters. The molecule has 0 amide bonds. The molecule has 3 nitrogen and oxygen atoms in total. The third-order valence-electron chi connectivity index (χ3n) is 3.58. The Morgan fingerprint density at radius 1 is 1.39 bits per heavy atom. The van der Waals surface area contributed by atoms with Crippen LogP contribution in [0.4, 0.5) is 5.82 Å². The minimum absolute atomic E-state index is 0.225. The Morgan fingerprint density at radius 2 is 2.11 bits per heavy atom. The van der Waals surface area contributed by atoms with E-state index >= 15 is 0 Å². The fourth-order valence-corrected chi connectivity index (χ4v) is 2.15. The van der Waals surface area contributed by atoms with Gasteiger partial charge in [-0.25, -0.2) is 4.98 Å². The summed E-state index contributed by atoms with van der Waals surface area (Å²) in [5.41, 5.74) is 7.32. The van der Waals surface area contributed by atoms with Crippen LogP contribution in [-0.4, -0.2) is 24.1 Å². The molecule has 0 fully saturated rings. The average molecular weight is 249 g/mol. The van der Waals surface area contributed by atoms with Gasteiger partial charge in [0.05, 0.1) is 0 Å². The standard InChI is InChI=1S/C15H27N3/c1-5-8-12(3)18(4)15-13(9-7-10-17-15)11-14(16)6-2/h7,9-10,12,14H,5-6,8,11,16H2,1-4H3. The molecular formula is C15H27N3. The zero-order valence-corrected chi connectivity index (χ0v) is 12.2. The number of nitrogens with two attached hydrogens (primary N) is 1. The molecule has 0 aliphatic heterocycles. The SMILES string of the molecule is CCCC(C)N(C)c1ncccc1CC(N)CC. The molecule has 0 aliphatic rings. The number of aromatic nitrogens is 1. The topological polar surface area (TPSA) is 42.2 Å². The van der Waals surface area contributed by atoms with Crippen molar-refractivity contribution in [3.8, 4) is 0 Å². The Morgan fingerprint density at radius 3 is 2.72 bits per heavy atom. The highest BCUT2D eigenvalue weighted by molar-refractivity contribution is 5.47. The molecular weight excluding hydrogens is 222 g/mol. The molecule has 0 spiro atoms. The lowest BCUT2D eigenvalue weighted by Crippen LogP contribution is -2.31. The molecule has 1 aromatic heterocycles. The third-order valence-corrected chi connectivity index (χ3v) is 3.58. The van der Waals surface area contributed by atoms with E-state index in [0.717, 1.165) is 18.7 Å². The van der Waals surface area contributed by atoms with Crippen molar-refractivity contribution in [3.63, 3.8) is 0 Å². The van der Waals surface area contributed by atoms with Gasteiger partial charge < -0.3 is 10.6 Å². The number of nitrogens with zero attached hydrogens (tertiary/aromatic N) is 2. The van der Waals surface area contributed by atoms with Gasteiger partial charge in [0.15, 0.2) is 0 Å². The summed E-state index contributed by atoms with van der Waals surface area (Å²) < 4.78 is 0. The maximum absolute atomic E-state index is 6.06. The normalized spacial score (nSPS) is 14.3. The number of anilines is 1. The summed E-state index contributed by atoms with van der Waals surface area (Å²) >= 11 is 0. The second-order valence-electron chi connectivity index (χ2n) is 5.11. The summed E-state index contributed by atoms with van der Waals surface area (Å²) in [7, 11) is 2.13. The maximum atomic E-state index is 6.06. The van der Waals surface area contributed by atoms with Crippen LogP contribution in [0.5, 0.6) is 0 Å². The molecule has 18 heavy (non-hydrogen) atoms. The van der Waals surface area contributed by atoms with Gasteiger partial charge in [0.1, 0.15) is 5.82 Å².